The van der Waals surface area contributed by atoms with Crippen LogP contribution in [0.4, 0.5) is 10.1 Å². The fourth-order valence-electron chi connectivity index (χ4n) is 1.58. The van der Waals surface area contributed by atoms with E-state index in [1.807, 2.05) is 6.92 Å². The first-order valence-electron chi connectivity index (χ1n) is 4.97. The van der Waals surface area contributed by atoms with Gasteiger partial charge in [0.05, 0.1) is 5.60 Å². The Morgan fingerprint density at radius 1 is 1.60 bits per heavy atom. The SMILES string of the molecule is CC(CC(C)(C)O)Nc1ccnc(F)c1. The van der Waals surface area contributed by atoms with Crippen molar-refractivity contribution in [2.24, 2.45) is 0 Å². The molecule has 1 atom stereocenters. The summed E-state index contributed by atoms with van der Waals surface area (Å²) in [5, 5.41) is 12.7. The third kappa shape index (κ3) is 4.74. The number of nitrogens with one attached hydrogen (secondary N) is 1. The van der Waals surface area contributed by atoms with Crippen molar-refractivity contribution in [3.63, 3.8) is 0 Å². The van der Waals surface area contributed by atoms with E-state index in [1.165, 1.54) is 12.3 Å². The molecule has 4 heteroatoms. The Morgan fingerprint density at radius 3 is 2.80 bits per heavy atom. The average molecular weight is 212 g/mol. The molecule has 0 amide bonds. The standard InChI is InChI=1S/C11H17FN2O/c1-8(7-11(2,3)15)14-9-4-5-13-10(12)6-9/h4-6,8,15H,7H2,1-3H3,(H,13,14). The van der Waals surface area contributed by atoms with Crippen molar-refractivity contribution in [3.05, 3.63) is 24.3 Å². The molecule has 3 nitrogen and oxygen atoms in total. The molecule has 0 spiro atoms. The van der Waals surface area contributed by atoms with Gasteiger partial charge in [-0.15, -0.1) is 0 Å². The van der Waals surface area contributed by atoms with Crippen molar-refractivity contribution in [3.8, 4) is 0 Å². The zero-order valence-corrected chi connectivity index (χ0v) is 9.29. The Labute approximate surface area is 89.4 Å². The highest BCUT2D eigenvalue weighted by Gasteiger charge is 2.16. The quantitative estimate of drug-likeness (QED) is 0.752. The van der Waals surface area contributed by atoms with Crippen molar-refractivity contribution >= 4 is 5.69 Å². The predicted octanol–water partition coefficient (Wildman–Crippen LogP) is 2.18. The Morgan fingerprint density at radius 2 is 2.27 bits per heavy atom. The average Bonchev–Trinajstić information content (AvgIpc) is 1.99. The van der Waals surface area contributed by atoms with Gasteiger partial charge in [0.1, 0.15) is 0 Å². The lowest BCUT2D eigenvalue weighted by Gasteiger charge is -2.23. The van der Waals surface area contributed by atoms with E-state index >= 15 is 0 Å². The summed E-state index contributed by atoms with van der Waals surface area (Å²) in [5.74, 6) is -0.504. The third-order valence-electron chi connectivity index (χ3n) is 1.95. The van der Waals surface area contributed by atoms with Crippen molar-refractivity contribution in [2.45, 2.75) is 38.8 Å². The zero-order valence-electron chi connectivity index (χ0n) is 9.29. The minimum atomic E-state index is -0.724. The molecule has 1 aromatic rings. The molecule has 0 radical (unpaired) electrons. The molecule has 0 aromatic carbocycles. The van der Waals surface area contributed by atoms with Gasteiger partial charge < -0.3 is 10.4 Å². The molecule has 1 heterocycles. The molecule has 0 saturated heterocycles. The monoisotopic (exact) mass is 212 g/mol. The number of pyridine rings is 1. The second-order valence-corrected chi connectivity index (χ2v) is 4.43. The largest absolute Gasteiger partial charge is 0.390 e. The Bertz CT molecular complexity index is 323. The molecule has 84 valence electrons. The molecule has 15 heavy (non-hydrogen) atoms. The number of aliphatic hydroxyl groups is 1. The summed E-state index contributed by atoms with van der Waals surface area (Å²) in [7, 11) is 0. The highest BCUT2D eigenvalue weighted by atomic mass is 19.1. The van der Waals surface area contributed by atoms with Crippen molar-refractivity contribution < 1.29 is 9.50 Å². The Balaban J connectivity index is 2.55. The topological polar surface area (TPSA) is 45.1 Å². The summed E-state index contributed by atoms with van der Waals surface area (Å²) >= 11 is 0. The maximum Gasteiger partial charge on any atom is 0.214 e. The molecule has 0 bridgehead atoms. The fourth-order valence-corrected chi connectivity index (χ4v) is 1.58. The van der Waals surface area contributed by atoms with Crippen molar-refractivity contribution in [1.82, 2.24) is 4.98 Å². The molecule has 1 aromatic heterocycles. The van der Waals surface area contributed by atoms with Gasteiger partial charge in [0.25, 0.3) is 0 Å². The van der Waals surface area contributed by atoms with Crippen molar-refractivity contribution in [1.29, 1.82) is 0 Å². The maximum absolute atomic E-state index is 12.8. The molecule has 0 saturated carbocycles. The van der Waals surface area contributed by atoms with Crippen LogP contribution in [-0.4, -0.2) is 21.7 Å². The van der Waals surface area contributed by atoms with E-state index in [2.05, 4.69) is 10.3 Å². The number of halogens is 1. The number of aromatic nitrogens is 1. The lowest BCUT2D eigenvalue weighted by Crippen LogP contribution is -2.29. The molecule has 1 unspecified atom stereocenters. The fraction of sp³-hybridized carbons (Fsp3) is 0.545. The van der Waals surface area contributed by atoms with Crippen LogP contribution in [-0.2, 0) is 0 Å². The van der Waals surface area contributed by atoms with Gasteiger partial charge in [-0.3, -0.25) is 0 Å². The summed E-state index contributed by atoms with van der Waals surface area (Å²) in [6.45, 7) is 5.44. The first-order valence-corrected chi connectivity index (χ1v) is 4.97. The lowest BCUT2D eigenvalue weighted by atomic mass is 10.0. The van der Waals surface area contributed by atoms with Gasteiger partial charge >= 0.3 is 0 Å². The van der Waals surface area contributed by atoms with Gasteiger partial charge in [0.2, 0.25) is 5.95 Å². The molecule has 2 N–H and O–H groups in total. The number of anilines is 1. The summed E-state index contributed by atoms with van der Waals surface area (Å²) in [6.07, 6.45) is 2.01. The smallest absolute Gasteiger partial charge is 0.214 e. The van der Waals surface area contributed by atoms with Gasteiger partial charge in [-0.2, -0.15) is 4.39 Å². The highest BCUT2D eigenvalue weighted by molar-refractivity contribution is 5.42. The lowest BCUT2D eigenvalue weighted by molar-refractivity contribution is 0.0673. The van der Waals surface area contributed by atoms with E-state index in [4.69, 9.17) is 0 Å². The minimum Gasteiger partial charge on any atom is -0.390 e. The van der Waals surface area contributed by atoms with Crippen LogP contribution in [0.2, 0.25) is 0 Å². The van der Waals surface area contributed by atoms with Crippen LogP contribution in [0.1, 0.15) is 27.2 Å². The second-order valence-electron chi connectivity index (χ2n) is 4.43. The molecular formula is C11H17FN2O. The van der Waals surface area contributed by atoms with Crippen LogP contribution in [0.3, 0.4) is 0 Å². The van der Waals surface area contributed by atoms with E-state index in [-0.39, 0.29) is 6.04 Å². The third-order valence-corrected chi connectivity index (χ3v) is 1.95. The van der Waals surface area contributed by atoms with Crippen LogP contribution in [0.15, 0.2) is 18.3 Å². The Hall–Kier alpha value is -1.16. The van der Waals surface area contributed by atoms with Crippen LogP contribution < -0.4 is 5.32 Å². The summed E-state index contributed by atoms with van der Waals surface area (Å²) < 4.78 is 12.8. The number of hydrogen-bond donors (Lipinski definition) is 2. The first kappa shape index (κ1) is 11.9. The van der Waals surface area contributed by atoms with E-state index in [0.717, 1.165) is 0 Å². The summed E-state index contributed by atoms with van der Waals surface area (Å²) in [6, 6.07) is 3.11. The number of rotatable bonds is 4. The molecule has 0 aliphatic heterocycles. The van der Waals surface area contributed by atoms with Crippen LogP contribution in [0.5, 0.6) is 0 Å². The van der Waals surface area contributed by atoms with Crippen LogP contribution in [0, 0.1) is 5.95 Å². The van der Waals surface area contributed by atoms with Gasteiger partial charge in [-0.1, -0.05) is 0 Å². The predicted molar refractivity (Wildman–Crippen MR) is 58.2 cm³/mol. The van der Waals surface area contributed by atoms with Crippen LogP contribution >= 0.6 is 0 Å². The summed E-state index contributed by atoms with van der Waals surface area (Å²) in [5.41, 5.74) is -0.0444. The van der Waals surface area contributed by atoms with E-state index in [9.17, 15) is 9.50 Å². The molecular weight excluding hydrogens is 195 g/mol. The number of nitrogens with zero attached hydrogens (tertiary/aromatic N) is 1. The van der Waals surface area contributed by atoms with Crippen molar-refractivity contribution in [2.75, 3.05) is 5.32 Å². The van der Waals surface area contributed by atoms with Crippen LogP contribution in [0.25, 0.3) is 0 Å². The number of hydrogen-bond acceptors (Lipinski definition) is 3. The van der Waals surface area contributed by atoms with E-state index in [0.29, 0.717) is 12.1 Å². The van der Waals surface area contributed by atoms with E-state index < -0.39 is 11.5 Å². The second kappa shape index (κ2) is 4.57. The zero-order chi connectivity index (χ0) is 11.5. The molecule has 0 fully saturated rings. The maximum atomic E-state index is 12.8. The Kier molecular flexibility index (Phi) is 3.63. The highest BCUT2D eigenvalue weighted by Crippen LogP contribution is 2.15. The van der Waals surface area contributed by atoms with Gasteiger partial charge in [-0.05, 0) is 33.3 Å². The summed E-state index contributed by atoms with van der Waals surface area (Å²) in [4.78, 5) is 3.47. The van der Waals surface area contributed by atoms with Gasteiger partial charge in [0, 0.05) is 24.0 Å². The normalized spacial score (nSPS) is 13.7. The first-order chi connectivity index (χ1) is 6.87. The van der Waals surface area contributed by atoms with Gasteiger partial charge in [0.15, 0.2) is 0 Å². The molecule has 1 rings (SSSR count). The van der Waals surface area contributed by atoms with Gasteiger partial charge in [-0.25, -0.2) is 4.98 Å². The minimum absolute atomic E-state index is 0.0757. The molecule has 0 aliphatic rings. The molecule has 0 aliphatic carbocycles. The van der Waals surface area contributed by atoms with E-state index in [1.54, 1.807) is 19.9 Å².